The molecule has 0 radical (unpaired) electrons. The predicted molar refractivity (Wildman–Crippen MR) is 113 cm³/mol. The molecule has 160 valence electrons. The summed E-state index contributed by atoms with van der Waals surface area (Å²) in [5.74, 6) is -0.0755. The largest absolute Gasteiger partial charge is 0.416 e. The van der Waals surface area contributed by atoms with Crippen LogP contribution in [0.1, 0.15) is 55.4 Å². The van der Waals surface area contributed by atoms with E-state index in [0.717, 1.165) is 24.1 Å². The summed E-state index contributed by atoms with van der Waals surface area (Å²) in [4.78, 5) is 14.3. The van der Waals surface area contributed by atoms with Crippen molar-refractivity contribution in [2.45, 2.75) is 51.2 Å². The molecule has 0 fully saturated rings. The summed E-state index contributed by atoms with van der Waals surface area (Å²) in [5.41, 5.74) is 5.26. The van der Waals surface area contributed by atoms with Gasteiger partial charge in [-0.25, -0.2) is 5.43 Å². The van der Waals surface area contributed by atoms with E-state index in [4.69, 9.17) is 0 Å². The summed E-state index contributed by atoms with van der Waals surface area (Å²) >= 11 is 0. The van der Waals surface area contributed by atoms with Gasteiger partial charge in [0.15, 0.2) is 0 Å². The SMILES string of the molecule is CC1CC(C)(C)N(C)c2ccc(/C=N/NC(=O)Cc3cccc(C(F)(F)F)c3)cc21. The minimum Gasteiger partial charge on any atom is -0.369 e. The Morgan fingerprint density at radius 3 is 2.70 bits per heavy atom. The lowest BCUT2D eigenvalue weighted by Crippen LogP contribution is -2.45. The molecule has 1 unspecified atom stereocenters. The fourth-order valence-corrected chi connectivity index (χ4v) is 3.94. The van der Waals surface area contributed by atoms with Gasteiger partial charge < -0.3 is 4.90 Å². The molecule has 0 aromatic heterocycles. The lowest BCUT2D eigenvalue weighted by Gasteiger charge is -2.45. The fourth-order valence-electron chi connectivity index (χ4n) is 3.94. The zero-order chi connectivity index (χ0) is 22.1. The molecule has 0 spiro atoms. The third-order valence-electron chi connectivity index (χ3n) is 5.68. The maximum atomic E-state index is 12.8. The fraction of sp³-hybridized carbons (Fsp3) is 0.391. The highest BCUT2D eigenvalue weighted by Crippen LogP contribution is 2.42. The van der Waals surface area contributed by atoms with Crippen molar-refractivity contribution in [2.75, 3.05) is 11.9 Å². The highest BCUT2D eigenvalue weighted by atomic mass is 19.4. The quantitative estimate of drug-likeness (QED) is 0.554. The molecule has 4 nitrogen and oxygen atoms in total. The van der Waals surface area contributed by atoms with Crippen LogP contribution in [0, 0.1) is 0 Å². The van der Waals surface area contributed by atoms with Crippen LogP contribution in [0.25, 0.3) is 0 Å². The highest BCUT2D eigenvalue weighted by molar-refractivity contribution is 5.84. The van der Waals surface area contributed by atoms with E-state index in [9.17, 15) is 18.0 Å². The standard InChI is InChI=1S/C23H26F3N3O/c1-15-13-22(2,3)29(4)20-9-8-17(11-19(15)20)14-27-28-21(30)12-16-6-5-7-18(10-16)23(24,25)26/h5-11,14-15H,12-13H2,1-4H3,(H,28,30)/b27-14+. The van der Waals surface area contributed by atoms with Crippen molar-refractivity contribution < 1.29 is 18.0 Å². The lowest BCUT2D eigenvalue weighted by molar-refractivity contribution is -0.137. The predicted octanol–water partition coefficient (Wildman–Crippen LogP) is 5.12. The van der Waals surface area contributed by atoms with E-state index in [0.29, 0.717) is 5.92 Å². The number of carbonyl (C=O) groups excluding carboxylic acids is 1. The van der Waals surface area contributed by atoms with Gasteiger partial charge in [-0.15, -0.1) is 0 Å². The summed E-state index contributed by atoms with van der Waals surface area (Å²) in [6.07, 6.45) is -2.03. The average molecular weight is 417 g/mol. The molecule has 0 aliphatic carbocycles. The second-order valence-corrected chi connectivity index (χ2v) is 8.46. The first-order valence-corrected chi connectivity index (χ1v) is 9.83. The molecule has 1 aliphatic rings. The second-order valence-electron chi connectivity index (χ2n) is 8.46. The van der Waals surface area contributed by atoms with Crippen LogP contribution in [0.5, 0.6) is 0 Å². The molecule has 3 rings (SSSR count). The Bertz CT molecular complexity index is 966. The Morgan fingerprint density at radius 2 is 2.00 bits per heavy atom. The van der Waals surface area contributed by atoms with Crippen LogP contribution in [0.4, 0.5) is 18.9 Å². The first-order valence-electron chi connectivity index (χ1n) is 9.83. The summed E-state index contributed by atoms with van der Waals surface area (Å²) in [6.45, 7) is 6.65. The molecule has 2 aromatic carbocycles. The Balaban J connectivity index is 1.65. The average Bonchev–Trinajstić information content (AvgIpc) is 2.65. The number of fused-ring (bicyclic) bond motifs is 1. The van der Waals surface area contributed by atoms with Crippen LogP contribution >= 0.6 is 0 Å². The number of nitrogens with one attached hydrogen (secondary N) is 1. The number of hydrogen-bond donors (Lipinski definition) is 1. The van der Waals surface area contributed by atoms with Crippen molar-refractivity contribution >= 4 is 17.8 Å². The molecule has 0 saturated heterocycles. The molecular weight excluding hydrogens is 391 g/mol. The number of carbonyl (C=O) groups is 1. The lowest BCUT2D eigenvalue weighted by atomic mass is 9.80. The maximum Gasteiger partial charge on any atom is 0.416 e. The molecule has 1 heterocycles. The van der Waals surface area contributed by atoms with Crippen LogP contribution in [0.3, 0.4) is 0 Å². The highest BCUT2D eigenvalue weighted by Gasteiger charge is 2.34. The number of halogens is 3. The Kier molecular flexibility index (Phi) is 5.92. The molecule has 0 bridgehead atoms. The van der Waals surface area contributed by atoms with E-state index < -0.39 is 17.6 Å². The first kappa shape index (κ1) is 21.9. The van der Waals surface area contributed by atoms with Gasteiger partial charge in [0, 0.05) is 18.3 Å². The molecule has 1 N–H and O–H groups in total. The van der Waals surface area contributed by atoms with Crippen molar-refractivity contribution in [3.8, 4) is 0 Å². The Hall–Kier alpha value is -2.83. The van der Waals surface area contributed by atoms with E-state index in [1.165, 1.54) is 23.4 Å². The van der Waals surface area contributed by atoms with Crippen molar-refractivity contribution in [3.63, 3.8) is 0 Å². The molecule has 0 saturated carbocycles. The van der Waals surface area contributed by atoms with Crippen molar-refractivity contribution in [1.82, 2.24) is 5.43 Å². The third-order valence-corrected chi connectivity index (χ3v) is 5.68. The number of anilines is 1. The van der Waals surface area contributed by atoms with Crippen LogP contribution in [-0.4, -0.2) is 24.7 Å². The van der Waals surface area contributed by atoms with Gasteiger partial charge in [-0.3, -0.25) is 4.79 Å². The number of benzene rings is 2. The van der Waals surface area contributed by atoms with E-state index in [1.54, 1.807) is 6.21 Å². The van der Waals surface area contributed by atoms with Gasteiger partial charge in [-0.05, 0) is 61.1 Å². The number of hydrazone groups is 1. The molecule has 1 amide bonds. The second kappa shape index (κ2) is 8.13. The normalized spacial score (nSPS) is 18.4. The number of hydrogen-bond acceptors (Lipinski definition) is 3. The number of alkyl halides is 3. The van der Waals surface area contributed by atoms with Gasteiger partial charge in [-0.2, -0.15) is 18.3 Å². The van der Waals surface area contributed by atoms with E-state index in [2.05, 4.69) is 55.4 Å². The van der Waals surface area contributed by atoms with Crippen LogP contribution < -0.4 is 10.3 Å². The van der Waals surface area contributed by atoms with E-state index >= 15 is 0 Å². The first-order chi connectivity index (χ1) is 14.0. The zero-order valence-electron chi connectivity index (χ0n) is 17.5. The Morgan fingerprint density at radius 1 is 1.27 bits per heavy atom. The van der Waals surface area contributed by atoms with Gasteiger partial charge >= 0.3 is 6.18 Å². The summed E-state index contributed by atoms with van der Waals surface area (Å²) in [7, 11) is 2.09. The zero-order valence-corrected chi connectivity index (χ0v) is 17.5. The number of rotatable bonds is 4. The van der Waals surface area contributed by atoms with Crippen molar-refractivity contribution in [3.05, 3.63) is 64.7 Å². The molecule has 7 heteroatoms. The summed E-state index contributed by atoms with van der Waals surface area (Å²) in [5, 5.41) is 3.97. The number of amides is 1. The topological polar surface area (TPSA) is 44.7 Å². The minimum absolute atomic E-state index is 0.0828. The van der Waals surface area contributed by atoms with Gasteiger partial charge in [0.2, 0.25) is 5.91 Å². The monoisotopic (exact) mass is 417 g/mol. The minimum atomic E-state index is -4.43. The van der Waals surface area contributed by atoms with Crippen LogP contribution in [0.2, 0.25) is 0 Å². The molecule has 30 heavy (non-hydrogen) atoms. The molecule has 2 aromatic rings. The van der Waals surface area contributed by atoms with Gasteiger partial charge in [0.05, 0.1) is 18.2 Å². The van der Waals surface area contributed by atoms with Crippen molar-refractivity contribution in [2.24, 2.45) is 5.10 Å². The smallest absolute Gasteiger partial charge is 0.369 e. The van der Waals surface area contributed by atoms with E-state index in [1.807, 2.05) is 6.07 Å². The van der Waals surface area contributed by atoms with Crippen molar-refractivity contribution in [1.29, 1.82) is 0 Å². The Labute approximate surface area is 174 Å². The molecule has 1 atom stereocenters. The molecule has 1 aliphatic heterocycles. The summed E-state index contributed by atoms with van der Waals surface area (Å²) in [6, 6.07) is 10.8. The van der Waals surface area contributed by atoms with Gasteiger partial charge in [-0.1, -0.05) is 31.2 Å². The number of nitrogens with zero attached hydrogens (tertiary/aromatic N) is 2. The van der Waals surface area contributed by atoms with Crippen LogP contribution in [0.15, 0.2) is 47.6 Å². The maximum absolute atomic E-state index is 12.8. The van der Waals surface area contributed by atoms with E-state index in [-0.39, 0.29) is 17.5 Å². The molecular formula is C23H26F3N3O. The van der Waals surface area contributed by atoms with Crippen LogP contribution in [-0.2, 0) is 17.4 Å². The third kappa shape index (κ3) is 4.83. The van der Waals surface area contributed by atoms with Gasteiger partial charge in [0.1, 0.15) is 0 Å². The summed E-state index contributed by atoms with van der Waals surface area (Å²) < 4.78 is 38.3. The van der Waals surface area contributed by atoms with Gasteiger partial charge in [0.25, 0.3) is 0 Å².